The Morgan fingerprint density at radius 2 is 1.67 bits per heavy atom. The van der Waals surface area contributed by atoms with Gasteiger partial charge in [-0.2, -0.15) is 15.0 Å². The van der Waals surface area contributed by atoms with Gasteiger partial charge in [-0.25, -0.2) is 4.98 Å². The van der Waals surface area contributed by atoms with Crippen molar-refractivity contribution in [3.8, 4) is 22.9 Å². The summed E-state index contributed by atoms with van der Waals surface area (Å²) in [6, 6.07) is 18.7. The highest BCUT2D eigenvalue weighted by Gasteiger charge is 2.20. The normalized spacial score (nSPS) is 13.7. The van der Waals surface area contributed by atoms with Crippen LogP contribution in [0.25, 0.3) is 11.4 Å². The van der Waals surface area contributed by atoms with Gasteiger partial charge in [-0.05, 0) is 42.9 Å². The molecule has 39 heavy (non-hydrogen) atoms. The van der Waals surface area contributed by atoms with Gasteiger partial charge in [-0.1, -0.05) is 30.3 Å². The van der Waals surface area contributed by atoms with Crippen molar-refractivity contribution >= 4 is 23.5 Å². The molecule has 1 saturated heterocycles. The van der Waals surface area contributed by atoms with Crippen LogP contribution in [0, 0.1) is 0 Å². The third-order valence-electron chi connectivity index (χ3n) is 6.58. The van der Waals surface area contributed by atoms with Gasteiger partial charge in [0, 0.05) is 49.9 Å². The summed E-state index contributed by atoms with van der Waals surface area (Å²) in [6.45, 7) is 3.42. The zero-order chi connectivity index (χ0) is 27.2. The van der Waals surface area contributed by atoms with E-state index in [1.54, 1.807) is 32.5 Å². The van der Waals surface area contributed by atoms with Gasteiger partial charge in [0.2, 0.25) is 11.9 Å². The smallest absolute Gasteiger partial charge is 0.233 e. The van der Waals surface area contributed by atoms with E-state index in [0.717, 1.165) is 37.3 Å². The molecule has 0 spiro atoms. The monoisotopic (exact) mass is 525 g/mol. The number of Topliss-reactive ketones (excluding diaryl/α,β-unsaturated/α-hetero) is 1. The molecule has 0 saturated carbocycles. The maximum absolute atomic E-state index is 12.9. The van der Waals surface area contributed by atoms with Crippen LogP contribution in [0.15, 0.2) is 66.9 Å². The third kappa shape index (κ3) is 6.29. The fourth-order valence-corrected chi connectivity index (χ4v) is 4.34. The van der Waals surface area contributed by atoms with E-state index in [9.17, 15) is 4.79 Å². The van der Waals surface area contributed by atoms with Gasteiger partial charge in [0.15, 0.2) is 23.1 Å². The van der Waals surface area contributed by atoms with Gasteiger partial charge in [0.25, 0.3) is 0 Å². The van der Waals surface area contributed by atoms with E-state index in [-0.39, 0.29) is 5.78 Å². The molecule has 0 atom stereocenters. The molecule has 10 heteroatoms. The number of carbonyl (C=O) groups excluding carboxylic acids is 1. The number of anilines is 3. The minimum absolute atomic E-state index is 0.00596. The number of rotatable bonds is 9. The first-order valence-corrected chi connectivity index (χ1v) is 12.7. The van der Waals surface area contributed by atoms with Crippen LogP contribution >= 0.6 is 0 Å². The number of benzene rings is 2. The fourth-order valence-electron chi connectivity index (χ4n) is 4.34. The van der Waals surface area contributed by atoms with Crippen LogP contribution in [0.5, 0.6) is 11.5 Å². The van der Waals surface area contributed by atoms with E-state index in [4.69, 9.17) is 24.4 Å². The predicted molar refractivity (Wildman–Crippen MR) is 150 cm³/mol. The van der Waals surface area contributed by atoms with Crippen molar-refractivity contribution in [1.29, 1.82) is 0 Å². The average Bonchev–Trinajstić information content (AvgIpc) is 2.97. The van der Waals surface area contributed by atoms with Crippen molar-refractivity contribution in [2.75, 3.05) is 57.7 Å². The van der Waals surface area contributed by atoms with Crippen LogP contribution in [-0.2, 0) is 6.42 Å². The fraction of sp³-hybridized carbons (Fsp3) is 0.276. The number of hydrogen-bond donors (Lipinski definition) is 1. The number of piperazine rings is 1. The summed E-state index contributed by atoms with van der Waals surface area (Å²) >= 11 is 0. The molecule has 3 heterocycles. The number of pyridine rings is 1. The van der Waals surface area contributed by atoms with Crippen LogP contribution in [0.2, 0.25) is 0 Å². The molecule has 200 valence electrons. The standard InChI is InChI=1S/C29H31N7O3/c1-35-13-15-36(16-14-35)29-33-27(22-9-10-24(38-2)25(18-22)39-3)32-28(34-29)31-26-19-21(11-12-30-26)23(37)17-20-7-5-4-6-8-20/h4-12,18-19H,13-17H2,1-3H3,(H,30,31,32,33,34). The average molecular weight is 526 g/mol. The molecule has 0 bridgehead atoms. The Balaban J connectivity index is 1.46. The zero-order valence-electron chi connectivity index (χ0n) is 22.3. The second kappa shape index (κ2) is 11.9. The molecule has 0 aliphatic carbocycles. The summed E-state index contributed by atoms with van der Waals surface area (Å²) in [5.41, 5.74) is 2.28. The summed E-state index contributed by atoms with van der Waals surface area (Å²) in [5, 5.41) is 3.19. The largest absolute Gasteiger partial charge is 0.493 e. The Morgan fingerprint density at radius 3 is 2.41 bits per heavy atom. The molecule has 10 nitrogen and oxygen atoms in total. The molecule has 5 rings (SSSR count). The first-order valence-electron chi connectivity index (χ1n) is 12.7. The summed E-state index contributed by atoms with van der Waals surface area (Å²) in [5.74, 6) is 3.07. The van der Waals surface area contributed by atoms with Gasteiger partial charge in [0.1, 0.15) is 5.82 Å². The van der Waals surface area contributed by atoms with Gasteiger partial charge >= 0.3 is 0 Å². The summed E-state index contributed by atoms with van der Waals surface area (Å²) in [4.78, 5) is 35.9. The van der Waals surface area contributed by atoms with Crippen LogP contribution in [0.4, 0.5) is 17.7 Å². The summed E-state index contributed by atoms with van der Waals surface area (Å²) in [6.07, 6.45) is 1.92. The lowest BCUT2D eigenvalue weighted by Crippen LogP contribution is -2.45. The minimum atomic E-state index is 0.00596. The van der Waals surface area contributed by atoms with Crippen LogP contribution in [0.3, 0.4) is 0 Å². The highest BCUT2D eigenvalue weighted by atomic mass is 16.5. The topological polar surface area (TPSA) is 106 Å². The van der Waals surface area contributed by atoms with Crippen LogP contribution in [-0.4, -0.2) is 78.1 Å². The Hall–Kier alpha value is -4.57. The number of nitrogens with one attached hydrogen (secondary N) is 1. The number of hydrogen-bond acceptors (Lipinski definition) is 10. The highest BCUT2D eigenvalue weighted by Crippen LogP contribution is 2.32. The zero-order valence-corrected chi connectivity index (χ0v) is 22.3. The first kappa shape index (κ1) is 26.1. The summed E-state index contributed by atoms with van der Waals surface area (Å²) in [7, 11) is 5.29. The van der Waals surface area contributed by atoms with Crippen molar-refractivity contribution in [3.05, 3.63) is 78.0 Å². The highest BCUT2D eigenvalue weighted by molar-refractivity contribution is 5.98. The molecule has 2 aromatic carbocycles. The van der Waals surface area contributed by atoms with Crippen molar-refractivity contribution in [3.63, 3.8) is 0 Å². The molecule has 0 unspecified atom stereocenters. The van der Waals surface area contributed by atoms with E-state index in [0.29, 0.717) is 47.0 Å². The Labute approximate surface area is 227 Å². The van der Waals surface area contributed by atoms with Crippen molar-refractivity contribution < 1.29 is 14.3 Å². The SMILES string of the molecule is COc1ccc(-c2nc(Nc3cc(C(=O)Cc4ccccc4)ccn3)nc(N3CCN(C)CC3)n2)cc1OC. The molecule has 1 N–H and O–H groups in total. The maximum Gasteiger partial charge on any atom is 0.233 e. The van der Waals surface area contributed by atoms with Gasteiger partial charge in [0.05, 0.1) is 14.2 Å². The minimum Gasteiger partial charge on any atom is -0.493 e. The second-order valence-corrected chi connectivity index (χ2v) is 9.28. The van der Waals surface area contributed by atoms with Crippen molar-refractivity contribution in [2.24, 2.45) is 0 Å². The number of methoxy groups -OCH3 is 2. The number of ether oxygens (including phenoxy) is 2. The Bertz CT molecular complexity index is 1440. The van der Waals surface area contributed by atoms with Crippen molar-refractivity contribution in [1.82, 2.24) is 24.8 Å². The van der Waals surface area contributed by atoms with Gasteiger partial charge < -0.3 is 24.6 Å². The van der Waals surface area contributed by atoms with E-state index < -0.39 is 0 Å². The number of aromatic nitrogens is 4. The van der Waals surface area contributed by atoms with E-state index in [2.05, 4.69) is 27.1 Å². The van der Waals surface area contributed by atoms with Crippen molar-refractivity contribution in [2.45, 2.75) is 6.42 Å². The number of ketones is 1. The van der Waals surface area contributed by atoms with E-state index in [1.807, 2.05) is 48.5 Å². The second-order valence-electron chi connectivity index (χ2n) is 9.28. The number of likely N-dealkylation sites (N-methyl/N-ethyl adjacent to an activating group) is 1. The van der Waals surface area contributed by atoms with Gasteiger partial charge in [-0.3, -0.25) is 4.79 Å². The quantitative estimate of drug-likeness (QED) is 0.324. The molecule has 1 aliphatic rings. The molecular weight excluding hydrogens is 494 g/mol. The molecule has 1 fully saturated rings. The molecule has 4 aromatic rings. The Morgan fingerprint density at radius 1 is 0.897 bits per heavy atom. The van der Waals surface area contributed by atoms with Crippen LogP contribution in [0.1, 0.15) is 15.9 Å². The molecule has 0 radical (unpaired) electrons. The van der Waals surface area contributed by atoms with Crippen LogP contribution < -0.4 is 19.7 Å². The van der Waals surface area contributed by atoms with Gasteiger partial charge in [-0.15, -0.1) is 0 Å². The molecular formula is C29H31N7O3. The lowest BCUT2D eigenvalue weighted by atomic mass is 10.0. The lowest BCUT2D eigenvalue weighted by molar-refractivity contribution is 0.0993. The number of carbonyl (C=O) groups is 1. The number of nitrogens with zero attached hydrogens (tertiary/aromatic N) is 6. The predicted octanol–water partition coefficient (Wildman–Crippen LogP) is 3.87. The first-order chi connectivity index (χ1) is 19.0. The molecule has 2 aromatic heterocycles. The summed E-state index contributed by atoms with van der Waals surface area (Å²) < 4.78 is 10.9. The molecule has 1 aliphatic heterocycles. The third-order valence-corrected chi connectivity index (χ3v) is 6.58. The Kier molecular flexibility index (Phi) is 7.93. The van der Waals surface area contributed by atoms with E-state index in [1.165, 1.54) is 0 Å². The maximum atomic E-state index is 12.9. The molecule has 0 amide bonds. The van der Waals surface area contributed by atoms with E-state index >= 15 is 0 Å². The lowest BCUT2D eigenvalue weighted by Gasteiger charge is -2.32.